The number of benzene rings is 1. The molecule has 0 aliphatic heterocycles. The summed E-state index contributed by atoms with van der Waals surface area (Å²) in [6.07, 6.45) is 0.245. The van der Waals surface area contributed by atoms with Gasteiger partial charge >= 0.3 is 0 Å². The van der Waals surface area contributed by atoms with Crippen molar-refractivity contribution in [3.8, 4) is 0 Å². The van der Waals surface area contributed by atoms with Crippen LogP contribution in [0.3, 0.4) is 0 Å². The molecule has 0 unspecified atom stereocenters. The minimum Gasteiger partial charge on any atom is -0.441 e. The topological polar surface area (TPSA) is 68.0 Å². The summed E-state index contributed by atoms with van der Waals surface area (Å²) in [4.78, 5) is 16.3. The standard InChI is InChI=1S/C14H12ClN3O2S/c1-7-13(15)14(21-18-7)17-12(19)6-9-3-4-11-10(5-9)16-8(2)20-11/h3-5H,6H2,1-2H3,(H,17,19). The van der Waals surface area contributed by atoms with Crippen molar-refractivity contribution in [2.75, 3.05) is 5.32 Å². The molecule has 5 nitrogen and oxygen atoms in total. The van der Waals surface area contributed by atoms with Crippen LogP contribution in [0.2, 0.25) is 5.02 Å². The molecule has 2 heterocycles. The van der Waals surface area contributed by atoms with Gasteiger partial charge in [0.15, 0.2) is 11.5 Å². The van der Waals surface area contributed by atoms with Crippen LogP contribution in [-0.4, -0.2) is 15.3 Å². The van der Waals surface area contributed by atoms with E-state index in [0.717, 1.165) is 22.4 Å². The number of halogens is 1. The van der Waals surface area contributed by atoms with Crippen LogP contribution >= 0.6 is 23.1 Å². The summed E-state index contributed by atoms with van der Waals surface area (Å²) in [6, 6.07) is 5.53. The zero-order valence-electron chi connectivity index (χ0n) is 11.4. The van der Waals surface area contributed by atoms with Gasteiger partial charge in [0.25, 0.3) is 0 Å². The highest BCUT2D eigenvalue weighted by atomic mass is 35.5. The lowest BCUT2D eigenvalue weighted by Gasteiger charge is -2.03. The molecule has 3 rings (SSSR count). The number of carbonyl (C=O) groups excluding carboxylic acids is 1. The van der Waals surface area contributed by atoms with E-state index in [4.69, 9.17) is 16.0 Å². The molecule has 1 N–H and O–H groups in total. The molecule has 7 heteroatoms. The van der Waals surface area contributed by atoms with Gasteiger partial charge in [-0.25, -0.2) is 4.98 Å². The molecule has 0 radical (unpaired) electrons. The molecule has 2 aromatic heterocycles. The monoisotopic (exact) mass is 321 g/mol. The number of hydrogen-bond acceptors (Lipinski definition) is 5. The number of aryl methyl sites for hydroxylation is 2. The van der Waals surface area contributed by atoms with Crippen molar-refractivity contribution in [2.45, 2.75) is 20.3 Å². The van der Waals surface area contributed by atoms with Crippen molar-refractivity contribution >= 4 is 45.1 Å². The molecule has 0 bridgehead atoms. The largest absolute Gasteiger partial charge is 0.441 e. The van der Waals surface area contributed by atoms with Crippen molar-refractivity contribution in [3.63, 3.8) is 0 Å². The molecule has 0 saturated carbocycles. The van der Waals surface area contributed by atoms with E-state index < -0.39 is 0 Å². The summed E-state index contributed by atoms with van der Waals surface area (Å²) >= 11 is 7.23. The van der Waals surface area contributed by atoms with Crippen LogP contribution in [0, 0.1) is 13.8 Å². The normalized spacial score (nSPS) is 11.0. The van der Waals surface area contributed by atoms with Crippen LogP contribution in [0.15, 0.2) is 22.6 Å². The second-order valence-corrected chi connectivity index (χ2v) is 5.82. The molecule has 0 aliphatic rings. The Hall–Kier alpha value is -1.92. The van der Waals surface area contributed by atoms with Crippen molar-refractivity contribution < 1.29 is 9.21 Å². The van der Waals surface area contributed by atoms with E-state index in [0.29, 0.717) is 15.9 Å². The smallest absolute Gasteiger partial charge is 0.229 e. The molecule has 0 aliphatic carbocycles. The maximum atomic E-state index is 12.0. The zero-order chi connectivity index (χ0) is 15.0. The minimum atomic E-state index is -0.139. The quantitative estimate of drug-likeness (QED) is 0.798. The Morgan fingerprint density at radius 1 is 1.43 bits per heavy atom. The first-order chi connectivity index (χ1) is 10.0. The van der Waals surface area contributed by atoms with Gasteiger partial charge < -0.3 is 9.73 Å². The van der Waals surface area contributed by atoms with Crippen LogP contribution in [0.5, 0.6) is 0 Å². The third-order valence-electron chi connectivity index (χ3n) is 2.97. The van der Waals surface area contributed by atoms with Gasteiger partial charge in [0.05, 0.1) is 17.1 Å². The lowest BCUT2D eigenvalue weighted by Crippen LogP contribution is -2.13. The first kappa shape index (κ1) is 14.0. The SMILES string of the molecule is Cc1nc2cc(CC(=O)Nc3snc(C)c3Cl)ccc2o1. The summed E-state index contributed by atoms with van der Waals surface area (Å²) in [7, 11) is 0. The third kappa shape index (κ3) is 2.91. The molecule has 108 valence electrons. The average molecular weight is 322 g/mol. The maximum Gasteiger partial charge on any atom is 0.229 e. The summed E-state index contributed by atoms with van der Waals surface area (Å²) in [5, 5.41) is 3.85. The maximum absolute atomic E-state index is 12.0. The van der Waals surface area contributed by atoms with E-state index >= 15 is 0 Å². The van der Waals surface area contributed by atoms with Crippen LogP contribution in [0.4, 0.5) is 5.00 Å². The minimum absolute atomic E-state index is 0.139. The number of fused-ring (bicyclic) bond motifs is 1. The van der Waals surface area contributed by atoms with Crippen LogP contribution in [0.25, 0.3) is 11.1 Å². The molecule has 3 aromatic rings. The summed E-state index contributed by atoms with van der Waals surface area (Å²) in [5.41, 5.74) is 3.06. The summed E-state index contributed by atoms with van der Waals surface area (Å²) in [6.45, 7) is 3.59. The Balaban J connectivity index is 1.75. The molecule has 0 atom stereocenters. The van der Waals surface area contributed by atoms with E-state index in [9.17, 15) is 4.79 Å². The van der Waals surface area contributed by atoms with Crippen LogP contribution < -0.4 is 5.32 Å². The fraction of sp³-hybridized carbons (Fsp3) is 0.214. The first-order valence-corrected chi connectivity index (χ1v) is 7.46. The van der Waals surface area contributed by atoms with Crippen molar-refractivity contribution in [3.05, 3.63) is 40.4 Å². The van der Waals surface area contributed by atoms with Crippen LogP contribution in [-0.2, 0) is 11.2 Å². The molecule has 1 aromatic carbocycles. The Bertz CT molecular complexity index is 825. The number of rotatable bonds is 3. The van der Waals surface area contributed by atoms with Crippen molar-refractivity contribution in [1.82, 2.24) is 9.36 Å². The summed E-state index contributed by atoms with van der Waals surface area (Å²) in [5.74, 6) is 0.471. The van der Waals surface area contributed by atoms with Crippen molar-refractivity contribution in [1.29, 1.82) is 0 Å². The van der Waals surface area contributed by atoms with Gasteiger partial charge in [-0.3, -0.25) is 4.79 Å². The fourth-order valence-corrected chi connectivity index (χ4v) is 2.94. The molecule has 21 heavy (non-hydrogen) atoms. The molecule has 0 saturated heterocycles. The second-order valence-electron chi connectivity index (χ2n) is 4.67. The lowest BCUT2D eigenvalue weighted by atomic mass is 10.1. The Morgan fingerprint density at radius 3 is 2.95 bits per heavy atom. The van der Waals surface area contributed by atoms with Gasteiger partial charge in [-0.05, 0) is 36.2 Å². The predicted octanol–water partition coefficient (Wildman–Crippen LogP) is 3.74. The molecule has 0 fully saturated rings. The molecular weight excluding hydrogens is 310 g/mol. The molecule has 1 amide bonds. The number of nitrogens with zero attached hydrogens (tertiary/aromatic N) is 2. The highest BCUT2D eigenvalue weighted by Crippen LogP contribution is 2.29. The predicted molar refractivity (Wildman–Crippen MR) is 82.9 cm³/mol. The number of hydrogen-bond donors (Lipinski definition) is 1. The number of carbonyl (C=O) groups is 1. The number of amides is 1. The van der Waals surface area contributed by atoms with E-state index in [2.05, 4.69) is 14.7 Å². The molecule has 0 spiro atoms. The fourth-order valence-electron chi connectivity index (χ4n) is 1.99. The number of nitrogens with one attached hydrogen (secondary N) is 1. The van der Waals surface area contributed by atoms with Gasteiger partial charge in [0, 0.05) is 6.92 Å². The second kappa shape index (κ2) is 5.46. The van der Waals surface area contributed by atoms with Gasteiger partial charge in [-0.2, -0.15) is 4.37 Å². The van der Waals surface area contributed by atoms with Gasteiger partial charge in [-0.15, -0.1) is 0 Å². The highest BCUT2D eigenvalue weighted by molar-refractivity contribution is 7.11. The number of oxazole rings is 1. The molecular formula is C14H12ClN3O2S. The van der Waals surface area contributed by atoms with E-state index in [1.165, 1.54) is 11.5 Å². The van der Waals surface area contributed by atoms with Crippen LogP contribution in [0.1, 0.15) is 17.1 Å². The van der Waals surface area contributed by atoms with Gasteiger partial charge in [-0.1, -0.05) is 17.7 Å². The van der Waals surface area contributed by atoms with Crippen molar-refractivity contribution in [2.24, 2.45) is 0 Å². The van der Waals surface area contributed by atoms with E-state index in [1.807, 2.05) is 18.2 Å². The Kier molecular flexibility index (Phi) is 3.65. The Labute approximate surface area is 130 Å². The average Bonchev–Trinajstić information content (AvgIpc) is 2.94. The number of aromatic nitrogens is 2. The zero-order valence-corrected chi connectivity index (χ0v) is 13.0. The van der Waals surface area contributed by atoms with E-state index in [1.54, 1.807) is 13.8 Å². The van der Waals surface area contributed by atoms with E-state index in [-0.39, 0.29) is 12.3 Å². The van der Waals surface area contributed by atoms with Gasteiger partial charge in [0.2, 0.25) is 5.91 Å². The first-order valence-electron chi connectivity index (χ1n) is 6.30. The Morgan fingerprint density at radius 2 is 2.24 bits per heavy atom. The third-order valence-corrected chi connectivity index (χ3v) is 4.40. The highest BCUT2D eigenvalue weighted by Gasteiger charge is 2.12. The van der Waals surface area contributed by atoms with Gasteiger partial charge in [0.1, 0.15) is 10.5 Å². The summed E-state index contributed by atoms with van der Waals surface area (Å²) < 4.78 is 9.50. The number of anilines is 1. The lowest BCUT2D eigenvalue weighted by molar-refractivity contribution is -0.115.